The van der Waals surface area contributed by atoms with Crippen molar-refractivity contribution in [1.29, 1.82) is 0 Å². The van der Waals surface area contributed by atoms with Crippen LogP contribution in [0, 0.1) is 0 Å². The van der Waals surface area contributed by atoms with Gasteiger partial charge in [0.2, 0.25) is 5.54 Å². The fraction of sp³-hybridized carbons (Fsp3) is 0.182. The number of imide groups is 1. The van der Waals surface area contributed by atoms with E-state index in [9.17, 15) is 14.4 Å². The van der Waals surface area contributed by atoms with E-state index in [0.29, 0.717) is 5.75 Å². The van der Waals surface area contributed by atoms with Crippen molar-refractivity contribution in [2.45, 2.75) is 5.54 Å². The van der Waals surface area contributed by atoms with E-state index >= 15 is 0 Å². The number of methoxy groups -OCH3 is 1. The molecule has 1 atom stereocenters. The van der Waals surface area contributed by atoms with Crippen LogP contribution in [-0.2, 0) is 15.1 Å². The van der Waals surface area contributed by atoms with Crippen molar-refractivity contribution in [3.63, 3.8) is 0 Å². The number of hydrogen-bond acceptors (Lipinski definition) is 4. The first kappa shape index (κ1) is 11.9. The average Bonchev–Trinajstić information content (AvgIpc) is 2.65. The van der Waals surface area contributed by atoms with E-state index in [1.165, 1.54) is 19.2 Å². The molecule has 1 aromatic carbocycles. The molecule has 1 aromatic rings. The molecule has 4 N–H and O–H groups in total. The quantitative estimate of drug-likeness (QED) is 0.481. The zero-order valence-corrected chi connectivity index (χ0v) is 9.52. The summed E-state index contributed by atoms with van der Waals surface area (Å²) in [4.78, 5) is 34.5. The van der Waals surface area contributed by atoms with E-state index in [-0.39, 0.29) is 5.56 Å². The number of rotatable bonds is 3. The lowest BCUT2D eigenvalue weighted by molar-refractivity contribution is -0.134. The molecule has 7 nitrogen and oxygen atoms in total. The molecule has 1 fully saturated rings. The molecule has 2 rings (SSSR count). The minimum absolute atomic E-state index is 0.277. The Labute approximate surface area is 102 Å². The smallest absolute Gasteiger partial charge is 0.323 e. The van der Waals surface area contributed by atoms with Crippen LogP contribution in [0.2, 0.25) is 0 Å². The topological polar surface area (TPSA) is 111 Å². The molecule has 0 bridgehead atoms. The number of ether oxygens (including phenoxy) is 1. The van der Waals surface area contributed by atoms with Crippen LogP contribution in [0.25, 0.3) is 0 Å². The van der Waals surface area contributed by atoms with Crippen molar-refractivity contribution in [3.8, 4) is 5.75 Å². The lowest BCUT2D eigenvalue weighted by atomic mass is 9.89. The Kier molecular flexibility index (Phi) is 2.66. The highest BCUT2D eigenvalue weighted by Crippen LogP contribution is 2.26. The molecule has 1 saturated heterocycles. The molecule has 7 heteroatoms. The maximum Gasteiger partial charge on any atom is 0.323 e. The molecule has 1 heterocycles. The number of nitrogens with two attached hydrogens (primary N) is 1. The van der Waals surface area contributed by atoms with Crippen molar-refractivity contribution in [2.75, 3.05) is 7.11 Å². The van der Waals surface area contributed by atoms with Gasteiger partial charge in [0.15, 0.2) is 0 Å². The summed E-state index contributed by atoms with van der Waals surface area (Å²) in [6.07, 6.45) is 0. The second-order valence-corrected chi connectivity index (χ2v) is 3.75. The normalized spacial score (nSPS) is 22.3. The van der Waals surface area contributed by atoms with Gasteiger partial charge in [-0.25, -0.2) is 4.79 Å². The summed E-state index contributed by atoms with van der Waals surface area (Å²) in [6, 6.07) is 5.37. The summed E-state index contributed by atoms with van der Waals surface area (Å²) in [5.41, 5.74) is 3.66. The molecule has 18 heavy (non-hydrogen) atoms. The largest absolute Gasteiger partial charge is 0.497 e. The van der Waals surface area contributed by atoms with Gasteiger partial charge in [0.05, 0.1) is 7.11 Å². The highest BCUT2D eigenvalue weighted by Gasteiger charge is 2.52. The van der Waals surface area contributed by atoms with Gasteiger partial charge in [-0.15, -0.1) is 0 Å². The Bertz CT molecular complexity index is 526. The molecular formula is C11H11N3O4. The highest BCUT2D eigenvalue weighted by atomic mass is 16.5. The maximum absolute atomic E-state index is 11.8. The van der Waals surface area contributed by atoms with Crippen LogP contribution in [0.15, 0.2) is 24.3 Å². The van der Waals surface area contributed by atoms with Gasteiger partial charge >= 0.3 is 6.03 Å². The molecule has 0 radical (unpaired) electrons. The van der Waals surface area contributed by atoms with Crippen LogP contribution >= 0.6 is 0 Å². The van der Waals surface area contributed by atoms with Crippen LogP contribution < -0.4 is 21.1 Å². The first-order chi connectivity index (χ1) is 8.50. The Balaban J connectivity index is 2.51. The Hall–Kier alpha value is -2.57. The van der Waals surface area contributed by atoms with E-state index < -0.39 is 23.4 Å². The molecule has 1 aliphatic rings. The van der Waals surface area contributed by atoms with Gasteiger partial charge in [-0.05, 0) is 17.7 Å². The standard InChI is InChI=1S/C11H11N3O4/c1-18-7-4-2-6(3-5-7)11(8(12)15)9(16)13-10(17)14-11/h2-5H,1H3,(H2,12,15)(H2,13,14,16,17)/t11-/m0/s1. The third kappa shape index (κ3) is 1.56. The maximum atomic E-state index is 11.8. The number of urea groups is 1. The van der Waals surface area contributed by atoms with Gasteiger partial charge in [0.25, 0.3) is 11.8 Å². The van der Waals surface area contributed by atoms with Crippen LogP contribution in [0.5, 0.6) is 5.75 Å². The van der Waals surface area contributed by atoms with Crippen LogP contribution in [0.3, 0.4) is 0 Å². The van der Waals surface area contributed by atoms with Crippen molar-refractivity contribution < 1.29 is 19.1 Å². The molecule has 0 aromatic heterocycles. The fourth-order valence-corrected chi connectivity index (χ4v) is 1.82. The van der Waals surface area contributed by atoms with Gasteiger partial charge in [0, 0.05) is 0 Å². The molecule has 94 valence electrons. The van der Waals surface area contributed by atoms with Crippen LogP contribution in [0.4, 0.5) is 4.79 Å². The second kappa shape index (κ2) is 4.02. The van der Waals surface area contributed by atoms with Crippen LogP contribution in [-0.4, -0.2) is 25.0 Å². The number of hydrogen-bond donors (Lipinski definition) is 3. The summed E-state index contributed by atoms with van der Waals surface area (Å²) in [6.45, 7) is 0. The van der Waals surface area contributed by atoms with Crippen molar-refractivity contribution >= 4 is 17.8 Å². The third-order valence-electron chi connectivity index (χ3n) is 2.76. The molecule has 0 spiro atoms. The first-order valence-electron chi connectivity index (χ1n) is 5.08. The van der Waals surface area contributed by atoms with Crippen molar-refractivity contribution in [1.82, 2.24) is 10.6 Å². The third-order valence-corrected chi connectivity index (χ3v) is 2.76. The minimum Gasteiger partial charge on any atom is -0.497 e. The Morgan fingerprint density at radius 3 is 2.28 bits per heavy atom. The Morgan fingerprint density at radius 2 is 1.89 bits per heavy atom. The van der Waals surface area contributed by atoms with E-state index in [0.717, 1.165) is 0 Å². The first-order valence-corrected chi connectivity index (χ1v) is 5.08. The molecular weight excluding hydrogens is 238 g/mol. The molecule has 0 aliphatic carbocycles. The molecule has 0 unspecified atom stereocenters. The van der Waals surface area contributed by atoms with Gasteiger partial charge in [-0.1, -0.05) is 12.1 Å². The Morgan fingerprint density at radius 1 is 1.28 bits per heavy atom. The second-order valence-electron chi connectivity index (χ2n) is 3.75. The number of carbonyl (C=O) groups excluding carboxylic acids is 3. The predicted molar refractivity (Wildman–Crippen MR) is 60.5 cm³/mol. The van der Waals surface area contributed by atoms with Crippen LogP contribution in [0.1, 0.15) is 5.56 Å². The monoisotopic (exact) mass is 249 g/mol. The fourth-order valence-electron chi connectivity index (χ4n) is 1.82. The van der Waals surface area contributed by atoms with Gasteiger partial charge in [0.1, 0.15) is 5.75 Å². The molecule has 4 amide bonds. The van der Waals surface area contributed by atoms with E-state index in [1.54, 1.807) is 12.1 Å². The lowest BCUT2D eigenvalue weighted by Gasteiger charge is -2.22. The molecule has 1 aliphatic heterocycles. The van der Waals surface area contributed by atoms with E-state index in [4.69, 9.17) is 10.5 Å². The number of benzene rings is 1. The summed E-state index contributed by atoms with van der Waals surface area (Å²) in [7, 11) is 1.49. The summed E-state index contributed by atoms with van der Waals surface area (Å²) < 4.78 is 4.97. The number of nitrogens with one attached hydrogen (secondary N) is 2. The summed E-state index contributed by atoms with van der Waals surface area (Å²) in [5, 5.41) is 4.25. The van der Waals surface area contributed by atoms with E-state index in [2.05, 4.69) is 5.32 Å². The van der Waals surface area contributed by atoms with Crippen molar-refractivity contribution in [2.24, 2.45) is 5.73 Å². The SMILES string of the molecule is COc1ccc([C@@]2(C(N)=O)NC(=O)NC2=O)cc1. The predicted octanol–water partition coefficient (Wildman–Crippen LogP) is -0.785. The summed E-state index contributed by atoms with van der Waals surface area (Å²) >= 11 is 0. The van der Waals surface area contributed by atoms with Gasteiger partial charge < -0.3 is 15.8 Å². The number of amides is 4. The highest BCUT2D eigenvalue weighted by molar-refractivity contribution is 6.20. The summed E-state index contributed by atoms with van der Waals surface area (Å²) in [5.74, 6) is -1.18. The van der Waals surface area contributed by atoms with Gasteiger partial charge in [-0.2, -0.15) is 0 Å². The van der Waals surface area contributed by atoms with Gasteiger partial charge in [-0.3, -0.25) is 14.9 Å². The lowest BCUT2D eigenvalue weighted by Crippen LogP contribution is -2.54. The number of primary amides is 1. The zero-order valence-electron chi connectivity index (χ0n) is 9.52. The zero-order chi connectivity index (χ0) is 13.3. The minimum atomic E-state index is -1.86. The van der Waals surface area contributed by atoms with E-state index in [1.807, 2.05) is 5.32 Å². The average molecular weight is 249 g/mol. The molecule has 0 saturated carbocycles. The number of carbonyl (C=O) groups is 3. The van der Waals surface area contributed by atoms with Crippen molar-refractivity contribution in [3.05, 3.63) is 29.8 Å².